The first-order valence-corrected chi connectivity index (χ1v) is 8.08. The second kappa shape index (κ2) is 5.57. The van der Waals surface area contributed by atoms with Gasteiger partial charge in [0.15, 0.2) is 0 Å². The fourth-order valence-corrected chi connectivity index (χ4v) is 4.95. The number of halogens is 3. The van der Waals surface area contributed by atoms with Crippen LogP contribution in [0.2, 0.25) is 0 Å². The van der Waals surface area contributed by atoms with Gasteiger partial charge in [-0.25, -0.2) is 9.82 Å². The van der Waals surface area contributed by atoms with E-state index in [2.05, 4.69) is 37.3 Å². The standard InChI is InChI=1S/C13H9Br2FN2OS/c14-11-5-8(13(15)20-11)12(18-17)10-4-6-3-7(16)1-2-9(6)19-10/h1-5,12,18H,17H2. The van der Waals surface area contributed by atoms with Crippen molar-refractivity contribution in [1.82, 2.24) is 5.43 Å². The van der Waals surface area contributed by atoms with E-state index in [4.69, 9.17) is 10.3 Å². The average molecular weight is 420 g/mol. The molecule has 1 unspecified atom stereocenters. The van der Waals surface area contributed by atoms with Crippen molar-refractivity contribution in [2.45, 2.75) is 6.04 Å². The van der Waals surface area contributed by atoms with Crippen LogP contribution in [0, 0.1) is 5.82 Å². The molecule has 3 nitrogen and oxygen atoms in total. The van der Waals surface area contributed by atoms with Gasteiger partial charge in [-0.15, -0.1) is 11.3 Å². The molecule has 3 aromatic rings. The summed E-state index contributed by atoms with van der Waals surface area (Å²) in [5, 5.41) is 0.714. The van der Waals surface area contributed by atoms with Gasteiger partial charge in [0.25, 0.3) is 0 Å². The van der Waals surface area contributed by atoms with E-state index in [0.29, 0.717) is 16.7 Å². The number of fused-ring (bicyclic) bond motifs is 1. The van der Waals surface area contributed by atoms with Crippen molar-refractivity contribution in [2.75, 3.05) is 0 Å². The number of hydrogen-bond acceptors (Lipinski definition) is 4. The van der Waals surface area contributed by atoms with Crippen molar-refractivity contribution < 1.29 is 8.81 Å². The molecule has 0 radical (unpaired) electrons. The highest BCUT2D eigenvalue weighted by Crippen LogP contribution is 2.38. The summed E-state index contributed by atoms with van der Waals surface area (Å²) in [5.41, 5.74) is 4.33. The lowest BCUT2D eigenvalue weighted by Gasteiger charge is -2.12. The lowest BCUT2D eigenvalue weighted by molar-refractivity contribution is 0.477. The molecule has 0 aliphatic carbocycles. The second-order valence-electron chi connectivity index (χ2n) is 4.21. The molecular formula is C13H9Br2FN2OS. The highest BCUT2D eigenvalue weighted by Gasteiger charge is 2.21. The molecule has 3 rings (SSSR count). The fourth-order valence-electron chi connectivity index (χ4n) is 2.05. The number of thiophene rings is 1. The maximum atomic E-state index is 13.2. The van der Waals surface area contributed by atoms with Gasteiger partial charge in [0.05, 0.1) is 7.57 Å². The monoisotopic (exact) mass is 418 g/mol. The molecule has 0 aliphatic heterocycles. The Balaban J connectivity index is 2.09. The number of furan rings is 1. The Kier molecular flexibility index (Phi) is 3.96. The molecule has 7 heteroatoms. The molecule has 3 N–H and O–H groups in total. The average Bonchev–Trinajstić information content (AvgIpc) is 2.94. The summed E-state index contributed by atoms with van der Waals surface area (Å²) in [6, 6.07) is 7.88. The van der Waals surface area contributed by atoms with E-state index in [1.54, 1.807) is 23.5 Å². The number of nitrogens with one attached hydrogen (secondary N) is 1. The number of nitrogens with two attached hydrogens (primary N) is 1. The fraction of sp³-hybridized carbons (Fsp3) is 0.0769. The van der Waals surface area contributed by atoms with Gasteiger partial charge in [0, 0.05) is 10.9 Å². The Labute approximate surface area is 135 Å². The van der Waals surface area contributed by atoms with Crippen LogP contribution in [0.1, 0.15) is 17.4 Å². The van der Waals surface area contributed by atoms with Gasteiger partial charge < -0.3 is 4.42 Å². The molecule has 0 amide bonds. The van der Waals surface area contributed by atoms with Crippen LogP contribution in [-0.2, 0) is 0 Å². The smallest absolute Gasteiger partial charge is 0.134 e. The molecule has 104 valence electrons. The zero-order valence-corrected chi connectivity index (χ0v) is 14.0. The van der Waals surface area contributed by atoms with Gasteiger partial charge >= 0.3 is 0 Å². The molecule has 0 aliphatic rings. The quantitative estimate of drug-likeness (QED) is 0.477. The predicted molar refractivity (Wildman–Crippen MR) is 85.1 cm³/mol. The first-order valence-electron chi connectivity index (χ1n) is 5.68. The lowest BCUT2D eigenvalue weighted by Crippen LogP contribution is -2.28. The van der Waals surface area contributed by atoms with Crippen LogP contribution >= 0.6 is 43.2 Å². The minimum Gasteiger partial charge on any atom is -0.459 e. The SMILES string of the molecule is NNC(c1cc2cc(F)ccc2o1)c1cc(Br)sc1Br. The third-order valence-electron chi connectivity index (χ3n) is 2.94. The van der Waals surface area contributed by atoms with Crippen molar-refractivity contribution in [2.24, 2.45) is 5.84 Å². The summed E-state index contributed by atoms with van der Waals surface area (Å²) in [6.07, 6.45) is 0. The maximum Gasteiger partial charge on any atom is 0.134 e. The van der Waals surface area contributed by atoms with Gasteiger partial charge in [-0.1, -0.05) is 0 Å². The molecule has 1 atom stereocenters. The summed E-state index contributed by atoms with van der Waals surface area (Å²) >= 11 is 8.49. The van der Waals surface area contributed by atoms with Gasteiger partial charge in [0.1, 0.15) is 23.2 Å². The van der Waals surface area contributed by atoms with Crippen LogP contribution in [-0.4, -0.2) is 0 Å². The maximum absolute atomic E-state index is 13.2. The summed E-state index contributed by atoms with van der Waals surface area (Å²) in [5.74, 6) is 6.00. The molecule has 0 bridgehead atoms. The summed E-state index contributed by atoms with van der Waals surface area (Å²) in [7, 11) is 0. The van der Waals surface area contributed by atoms with Crippen molar-refractivity contribution in [3.8, 4) is 0 Å². The van der Waals surface area contributed by atoms with Gasteiger partial charge in [-0.05, 0) is 62.2 Å². The van der Waals surface area contributed by atoms with Gasteiger partial charge in [-0.3, -0.25) is 5.84 Å². The molecule has 2 heterocycles. The molecule has 1 aromatic carbocycles. The van der Waals surface area contributed by atoms with Crippen LogP contribution in [0.5, 0.6) is 0 Å². The van der Waals surface area contributed by atoms with E-state index in [-0.39, 0.29) is 11.9 Å². The molecule has 20 heavy (non-hydrogen) atoms. The van der Waals surface area contributed by atoms with E-state index in [9.17, 15) is 4.39 Å². The molecule has 0 spiro atoms. The van der Waals surface area contributed by atoms with Crippen LogP contribution in [0.15, 0.2) is 42.3 Å². The topological polar surface area (TPSA) is 51.2 Å². The van der Waals surface area contributed by atoms with Crippen LogP contribution in [0.4, 0.5) is 4.39 Å². The summed E-state index contributed by atoms with van der Waals surface area (Å²) in [4.78, 5) is 0. The number of hydrogen-bond donors (Lipinski definition) is 2. The van der Waals surface area contributed by atoms with Crippen molar-refractivity contribution in [3.63, 3.8) is 0 Å². The van der Waals surface area contributed by atoms with Crippen LogP contribution in [0.3, 0.4) is 0 Å². The molecule has 0 saturated heterocycles. The normalized spacial score (nSPS) is 13.0. The predicted octanol–water partition coefficient (Wildman–Crippen LogP) is 4.71. The largest absolute Gasteiger partial charge is 0.459 e. The minimum atomic E-state index is -0.303. The third-order valence-corrected chi connectivity index (χ3v) is 5.33. The molecule has 0 fully saturated rings. The van der Waals surface area contributed by atoms with E-state index in [1.807, 2.05) is 6.07 Å². The molecule has 0 saturated carbocycles. The first kappa shape index (κ1) is 14.2. The number of hydrazine groups is 1. The number of benzene rings is 1. The van der Waals surface area contributed by atoms with Crippen molar-refractivity contribution >= 4 is 54.2 Å². The van der Waals surface area contributed by atoms with Crippen LogP contribution in [0.25, 0.3) is 11.0 Å². The summed E-state index contributed by atoms with van der Waals surface area (Å²) < 4.78 is 20.9. The Hall–Kier alpha value is -0.730. The van der Waals surface area contributed by atoms with Gasteiger partial charge in [0.2, 0.25) is 0 Å². The van der Waals surface area contributed by atoms with E-state index >= 15 is 0 Å². The lowest BCUT2D eigenvalue weighted by atomic mass is 10.1. The first-order chi connectivity index (χ1) is 9.58. The van der Waals surface area contributed by atoms with Crippen molar-refractivity contribution in [1.29, 1.82) is 0 Å². The minimum absolute atomic E-state index is 0.290. The van der Waals surface area contributed by atoms with E-state index < -0.39 is 0 Å². The van der Waals surface area contributed by atoms with E-state index in [1.165, 1.54) is 12.1 Å². The zero-order valence-electron chi connectivity index (χ0n) is 9.99. The second-order valence-corrected chi connectivity index (χ2v) is 7.96. The third kappa shape index (κ3) is 2.56. The Morgan fingerprint density at radius 2 is 2.05 bits per heavy atom. The highest BCUT2D eigenvalue weighted by molar-refractivity contribution is 9.12. The highest BCUT2D eigenvalue weighted by atomic mass is 79.9. The molecule has 2 aromatic heterocycles. The Bertz CT molecular complexity index is 771. The molecular weight excluding hydrogens is 411 g/mol. The zero-order chi connectivity index (χ0) is 14.3. The van der Waals surface area contributed by atoms with Crippen LogP contribution < -0.4 is 11.3 Å². The van der Waals surface area contributed by atoms with E-state index in [0.717, 1.165) is 13.1 Å². The number of rotatable bonds is 3. The van der Waals surface area contributed by atoms with Crippen molar-refractivity contribution in [3.05, 3.63) is 55.0 Å². The Morgan fingerprint density at radius 3 is 2.70 bits per heavy atom. The summed E-state index contributed by atoms with van der Waals surface area (Å²) in [6.45, 7) is 0. The Morgan fingerprint density at radius 1 is 1.25 bits per heavy atom. The van der Waals surface area contributed by atoms with Gasteiger partial charge in [-0.2, -0.15) is 0 Å².